The van der Waals surface area contributed by atoms with Crippen molar-refractivity contribution in [1.29, 1.82) is 0 Å². The molecule has 0 fully saturated rings. The Morgan fingerprint density at radius 2 is 1.88 bits per heavy atom. The summed E-state index contributed by atoms with van der Waals surface area (Å²) in [6.07, 6.45) is 2.74. The van der Waals surface area contributed by atoms with Gasteiger partial charge in [0.05, 0.1) is 9.92 Å². The van der Waals surface area contributed by atoms with E-state index < -0.39 is 21.6 Å². The number of thiazole rings is 1. The molecule has 0 aliphatic carbocycles. The smallest absolute Gasteiger partial charge is 0.256 e. The summed E-state index contributed by atoms with van der Waals surface area (Å²) in [7, 11) is -3.53. The Bertz CT molecular complexity index is 1420. The first kappa shape index (κ1) is 22.1. The summed E-state index contributed by atoms with van der Waals surface area (Å²) in [6, 6.07) is 14.8. The molecule has 162 valence electrons. The normalized spacial score (nSPS) is 11.3. The van der Waals surface area contributed by atoms with Gasteiger partial charge in [0.25, 0.3) is 5.91 Å². The van der Waals surface area contributed by atoms with Gasteiger partial charge in [-0.05, 0) is 59.7 Å². The van der Waals surface area contributed by atoms with E-state index in [9.17, 15) is 17.6 Å². The van der Waals surface area contributed by atoms with Gasteiger partial charge in [-0.2, -0.15) is 0 Å². The van der Waals surface area contributed by atoms with Crippen LogP contribution in [0.5, 0.6) is 0 Å². The van der Waals surface area contributed by atoms with Crippen molar-refractivity contribution in [2.24, 2.45) is 0 Å². The lowest BCUT2D eigenvalue weighted by atomic mass is 9.99. The molecule has 1 heterocycles. The number of halogens is 2. The molecule has 32 heavy (non-hydrogen) atoms. The van der Waals surface area contributed by atoms with Crippen molar-refractivity contribution in [1.82, 2.24) is 4.98 Å². The van der Waals surface area contributed by atoms with Crippen LogP contribution in [0.1, 0.15) is 10.4 Å². The number of anilines is 1. The molecule has 9 heteroatoms. The highest BCUT2D eigenvalue weighted by molar-refractivity contribution is 7.90. The summed E-state index contributed by atoms with van der Waals surface area (Å²) in [5.74, 6) is -0.971. The van der Waals surface area contributed by atoms with Crippen LogP contribution in [0.4, 0.5) is 10.1 Å². The van der Waals surface area contributed by atoms with E-state index in [2.05, 4.69) is 10.3 Å². The number of carbonyl (C=O) groups is 1. The maximum Gasteiger partial charge on any atom is 0.256 e. The molecule has 0 aliphatic rings. The van der Waals surface area contributed by atoms with Crippen LogP contribution in [0, 0.1) is 5.82 Å². The Labute approximate surface area is 193 Å². The third-order valence-electron chi connectivity index (χ3n) is 4.69. The maximum absolute atomic E-state index is 13.8. The topological polar surface area (TPSA) is 76.1 Å². The van der Waals surface area contributed by atoms with Gasteiger partial charge in [0.2, 0.25) is 0 Å². The zero-order valence-electron chi connectivity index (χ0n) is 16.7. The number of amides is 1. The number of nitrogens with one attached hydrogen (secondary N) is 1. The molecule has 4 aromatic rings. The number of hydrogen-bond acceptors (Lipinski definition) is 5. The first-order valence-corrected chi connectivity index (χ1v) is 12.5. The van der Waals surface area contributed by atoms with E-state index in [0.717, 1.165) is 6.26 Å². The second kappa shape index (κ2) is 8.82. The SMILES string of the molecule is CS(=O)(=O)c1ccc(C(=O)Nc2ccc(Cl)c(-c3nccs3)c2)c(-c2cccc(F)c2)c1. The second-order valence-corrected chi connectivity index (χ2v) is 10.3. The van der Waals surface area contributed by atoms with Gasteiger partial charge < -0.3 is 5.32 Å². The zero-order valence-corrected chi connectivity index (χ0v) is 19.1. The zero-order chi connectivity index (χ0) is 22.9. The van der Waals surface area contributed by atoms with E-state index in [4.69, 9.17) is 11.6 Å². The number of benzene rings is 3. The summed E-state index contributed by atoms with van der Waals surface area (Å²) in [4.78, 5) is 17.4. The molecule has 4 rings (SSSR count). The maximum atomic E-state index is 13.8. The molecule has 1 N–H and O–H groups in total. The summed E-state index contributed by atoms with van der Waals surface area (Å²) >= 11 is 7.70. The average molecular weight is 487 g/mol. The van der Waals surface area contributed by atoms with Gasteiger partial charge in [-0.15, -0.1) is 11.3 Å². The molecule has 0 aliphatic heterocycles. The van der Waals surface area contributed by atoms with Crippen molar-refractivity contribution in [3.05, 3.63) is 88.6 Å². The summed E-state index contributed by atoms with van der Waals surface area (Å²) < 4.78 is 37.9. The van der Waals surface area contributed by atoms with Crippen LogP contribution in [0.3, 0.4) is 0 Å². The Morgan fingerprint density at radius 3 is 2.56 bits per heavy atom. The molecule has 0 saturated carbocycles. The lowest BCUT2D eigenvalue weighted by molar-refractivity contribution is 0.102. The molecular formula is C23H16ClFN2O3S2. The molecule has 0 bridgehead atoms. The third kappa shape index (κ3) is 4.72. The van der Waals surface area contributed by atoms with Crippen LogP contribution in [0.15, 0.2) is 77.1 Å². The van der Waals surface area contributed by atoms with E-state index in [-0.39, 0.29) is 10.5 Å². The highest BCUT2D eigenvalue weighted by Crippen LogP contribution is 2.33. The number of aromatic nitrogens is 1. The average Bonchev–Trinajstić information content (AvgIpc) is 3.28. The molecule has 3 aromatic carbocycles. The fraction of sp³-hybridized carbons (Fsp3) is 0.0435. The van der Waals surface area contributed by atoms with E-state index in [1.54, 1.807) is 30.5 Å². The minimum Gasteiger partial charge on any atom is -0.322 e. The Kier molecular flexibility index (Phi) is 6.10. The molecule has 0 atom stereocenters. The van der Waals surface area contributed by atoms with E-state index in [1.165, 1.54) is 47.7 Å². The van der Waals surface area contributed by atoms with E-state index in [0.29, 0.717) is 32.4 Å². The highest BCUT2D eigenvalue weighted by atomic mass is 35.5. The largest absolute Gasteiger partial charge is 0.322 e. The standard InChI is InChI=1S/C23H16ClFN2O3S2/c1-32(29,30)17-6-7-18(19(13-17)14-3-2-4-15(25)11-14)22(28)27-16-5-8-21(24)20(12-16)23-26-9-10-31-23/h2-13H,1H3,(H,27,28). The van der Waals surface area contributed by atoms with Gasteiger partial charge >= 0.3 is 0 Å². The van der Waals surface area contributed by atoms with Crippen molar-refractivity contribution < 1.29 is 17.6 Å². The molecule has 5 nitrogen and oxygen atoms in total. The predicted molar refractivity (Wildman–Crippen MR) is 125 cm³/mol. The van der Waals surface area contributed by atoms with Gasteiger partial charge in [0, 0.05) is 34.6 Å². The fourth-order valence-corrected chi connectivity index (χ4v) is 4.75. The molecular weight excluding hydrogens is 471 g/mol. The minimum absolute atomic E-state index is 0.0332. The van der Waals surface area contributed by atoms with E-state index >= 15 is 0 Å². The van der Waals surface area contributed by atoms with Crippen LogP contribution in [0.2, 0.25) is 5.02 Å². The molecule has 0 saturated heterocycles. The monoisotopic (exact) mass is 486 g/mol. The van der Waals surface area contributed by atoms with Gasteiger partial charge in [-0.3, -0.25) is 4.79 Å². The number of sulfone groups is 1. The lowest BCUT2D eigenvalue weighted by Gasteiger charge is -2.13. The number of hydrogen-bond donors (Lipinski definition) is 1. The van der Waals surface area contributed by atoms with Crippen molar-refractivity contribution in [3.63, 3.8) is 0 Å². The molecule has 1 amide bonds. The minimum atomic E-state index is -3.53. The highest BCUT2D eigenvalue weighted by Gasteiger charge is 2.18. The summed E-state index contributed by atoms with van der Waals surface area (Å²) in [6.45, 7) is 0. The van der Waals surface area contributed by atoms with Gasteiger partial charge in [0.15, 0.2) is 9.84 Å². The Hall–Kier alpha value is -3.07. The Balaban J connectivity index is 1.75. The van der Waals surface area contributed by atoms with Crippen LogP contribution < -0.4 is 5.32 Å². The number of nitrogens with zero attached hydrogens (tertiary/aromatic N) is 1. The lowest BCUT2D eigenvalue weighted by Crippen LogP contribution is -2.14. The van der Waals surface area contributed by atoms with Gasteiger partial charge in [-0.1, -0.05) is 23.7 Å². The second-order valence-electron chi connectivity index (χ2n) is 6.98. The summed E-state index contributed by atoms with van der Waals surface area (Å²) in [5.41, 5.74) is 2.06. The fourth-order valence-electron chi connectivity index (χ4n) is 3.17. The summed E-state index contributed by atoms with van der Waals surface area (Å²) in [5, 5.41) is 5.84. The molecule has 0 unspecified atom stereocenters. The molecule has 0 spiro atoms. The molecule has 0 radical (unpaired) electrons. The van der Waals surface area contributed by atoms with E-state index in [1.807, 2.05) is 5.38 Å². The Morgan fingerprint density at radius 1 is 1.06 bits per heavy atom. The van der Waals surface area contributed by atoms with Gasteiger partial charge in [-0.25, -0.2) is 17.8 Å². The van der Waals surface area contributed by atoms with Crippen LogP contribution >= 0.6 is 22.9 Å². The van der Waals surface area contributed by atoms with Crippen molar-refractivity contribution in [2.45, 2.75) is 4.90 Å². The third-order valence-corrected chi connectivity index (χ3v) is 6.93. The van der Waals surface area contributed by atoms with Crippen LogP contribution in [0.25, 0.3) is 21.7 Å². The van der Waals surface area contributed by atoms with Crippen molar-refractivity contribution in [3.8, 4) is 21.7 Å². The first-order chi connectivity index (χ1) is 15.2. The first-order valence-electron chi connectivity index (χ1n) is 9.33. The van der Waals surface area contributed by atoms with Crippen LogP contribution in [-0.4, -0.2) is 25.6 Å². The molecule has 1 aromatic heterocycles. The van der Waals surface area contributed by atoms with Crippen molar-refractivity contribution >= 4 is 44.4 Å². The predicted octanol–water partition coefficient (Wildman–Crippen LogP) is 5.93. The van der Waals surface area contributed by atoms with Gasteiger partial charge in [0.1, 0.15) is 10.8 Å². The van der Waals surface area contributed by atoms with Crippen LogP contribution in [-0.2, 0) is 9.84 Å². The quantitative estimate of drug-likeness (QED) is 0.379. The number of rotatable bonds is 5. The number of carbonyl (C=O) groups excluding carboxylic acids is 1. The van der Waals surface area contributed by atoms with Crippen molar-refractivity contribution in [2.75, 3.05) is 11.6 Å².